The molecule has 7 nitrogen and oxygen atoms in total. The van der Waals surface area contributed by atoms with Crippen molar-refractivity contribution in [1.29, 1.82) is 0 Å². The van der Waals surface area contributed by atoms with Crippen LogP contribution in [0.3, 0.4) is 0 Å². The van der Waals surface area contributed by atoms with Gasteiger partial charge in [-0.25, -0.2) is 4.98 Å². The smallest absolute Gasteiger partial charge is 0.254 e. The molecule has 29 heavy (non-hydrogen) atoms. The molecule has 2 amide bonds. The van der Waals surface area contributed by atoms with E-state index in [1.165, 1.54) is 4.90 Å². The molecule has 0 saturated heterocycles. The molecule has 0 aliphatic carbocycles. The van der Waals surface area contributed by atoms with Gasteiger partial charge in [-0.05, 0) is 55.7 Å². The number of carbonyl (C=O) groups excluding carboxylic acids is 2. The minimum atomic E-state index is -0.315. The molecule has 0 bridgehead atoms. The number of rotatable bonds is 10. The van der Waals surface area contributed by atoms with E-state index in [9.17, 15) is 9.59 Å². The minimum Gasteiger partial charge on any atom is -0.490 e. The lowest BCUT2D eigenvalue weighted by Crippen LogP contribution is -2.35. The summed E-state index contributed by atoms with van der Waals surface area (Å²) in [6.07, 6.45) is 3.35. The van der Waals surface area contributed by atoms with Crippen LogP contribution in [0.15, 0.2) is 36.5 Å². The predicted molar refractivity (Wildman–Crippen MR) is 113 cm³/mol. The fraction of sp³-hybridized carbons (Fsp3) is 0.409. The summed E-state index contributed by atoms with van der Waals surface area (Å²) < 4.78 is 11.4. The molecule has 2 rings (SSSR count). The Labute approximate surface area is 172 Å². The summed E-state index contributed by atoms with van der Waals surface area (Å²) in [5, 5.41) is 2.70. The van der Waals surface area contributed by atoms with E-state index in [1.807, 2.05) is 26.8 Å². The van der Waals surface area contributed by atoms with Crippen LogP contribution in [-0.2, 0) is 4.79 Å². The average molecular weight is 399 g/mol. The maximum Gasteiger partial charge on any atom is 0.254 e. The van der Waals surface area contributed by atoms with E-state index in [0.29, 0.717) is 36.1 Å². The maximum absolute atomic E-state index is 12.8. The van der Waals surface area contributed by atoms with Gasteiger partial charge in [-0.2, -0.15) is 0 Å². The number of aryl methyl sites for hydroxylation is 1. The van der Waals surface area contributed by atoms with E-state index in [0.717, 1.165) is 18.4 Å². The Bertz CT molecular complexity index is 839. The fourth-order valence-electron chi connectivity index (χ4n) is 2.59. The van der Waals surface area contributed by atoms with Crippen molar-refractivity contribution in [3.63, 3.8) is 0 Å². The third kappa shape index (κ3) is 6.78. The summed E-state index contributed by atoms with van der Waals surface area (Å²) in [5.74, 6) is 1.02. The van der Waals surface area contributed by atoms with Crippen LogP contribution in [0.4, 0.5) is 5.82 Å². The number of carbonyl (C=O) groups is 2. The van der Waals surface area contributed by atoms with Gasteiger partial charge in [-0.1, -0.05) is 13.8 Å². The number of benzene rings is 1. The van der Waals surface area contributed by atoms with Gasteiger partial charge in [0.15, 0.2) is 11.5 Å². The Kier molecular flexibility index (Phi) is 8.45. The van der Waals surface area contributed by atoms with Crippen molar-refractivity contribution in [3.8, 4) is 11.5 Å². The van der Waals surface area contributed by atoms with E-state index in [1.54, 1.807) is 37.5 Å². The molecule has 1 aromatic carbocycles. The Morgan fingerprint density at radius 2 is 1.72 bits per heavy atom. The van der Waals surface area contributed by atoms with Crippen molar-refractivity contribution >= 4 is 17.6 Å². The number of pyridine rings is 1. The maximum atomic E-state index is 12.8. The topological polar surface area (TPSA) is 80.8 Å². The number of nitrogens with one attached hydrogen (secondary N) is 1. The molecule has 1 N–H and O–H groups in total. The zero-order chi connectivity index (χ0) is 21.2. The number of amides is 2. The predicted octanol–water partition coefficient (Wildman–Crippen LogP) is 3.68. The molecule has 0 atom stereocenters. The SMILES string of the molecule is CCCOc1ccc(C(=O)N(C)CC(=O)Nc2cc(C)ccn2)cc1OCCC. The van der Waals surface area contributed by atoms with Crippen LogP contribution in [0.1, 0.15) is 42.6 Å². The number of nitrogens with zero attached hydrogens (tertiary/aromatic N) is 2. The summed E-state index contributed by atoms with van der Waals surface area (Å²) in [7, 11) is 1.58. The van der Waals surface area contributed by atoms with Crippen molar-refractivity contribution in [2.45, 2.75) is 33.6 Å². The first-order chi connectivity index (χ1) is 13.9. The standard InChI is InChI=1S/C22H29N3O4/c1-5-11-28-18-8-7-17(14-19(18)29-12-6-2)22(27)25(4)15-21(26)24-20-13-16(3)9-10-23-20/h7-10,13-14H,5-6,11-12,15H2,1-4H3,(H,23,24,26). The van der Waals surface area contributed by atoms with Gasteiger partial charge in [0, 0.05) is 18.8 Å². The lowest BCUT2D eigenvalue weighted by atomic mass is 10.1. The molecule has 0 aliphatic heterocycles. The molecule has 0 unspecified atom stereocenters. The van der Waals surface area contributed by atoms with Crippen molar-refractivity contribution in [2.24, 2.45) is 0 Å². The molecule has 0 radical (unpaired) electrons. The van der Waals surface area contributed by atoms with Crippen LogP contribution in [0, 0.1) is 6.92 Å². The Morgan fingerprint density at radius 1 is 1.03 bits per heavy atom. The van der Waals surface area contributed by atoms with Crippen LogP contribution in [0.2, 0.25) is 0 Å². The van der Waals surface area contributed by atoms with E-state index < -0.39 is 0 Å². The first-order valence-electron chi connectivity index (χ1n) is 9.82. The van der Waals surface area contributed by atoms with Crippen molar-refractivity contribution < 1.29 is 19.1 Å². The summed E-state index contributed by atoms with van der Waals surface area (Å²) in [6.45, 7) is 6.96. The lowest BCUT2D eigenvalue weighted by Gasteiger charge is -2.18. The van der Waals surface area contributed by atoms with Gasteiger partial charge < -0.3 is 19.7 Å². The van der Waals surface area contributed by atoms with E-state index in [2.05, 4.69) is 10.3 Å². The largest absolute Gasteiger partial charge is 0.490 e. The third-order valence-corrected chi connectivity index (χ3v) is 4.02. The van der Waals surface area contributed by atoms with Crippen molar-refractivity contribution in [1.82, 2.24) is 9.88 Å². The number of hydrogen-bond donors (Lipinski definition) is 1. The highest BCUT2D eigenvalue weighted by Gasteiger charge is 2.18. The number of aromatic nitrogens is 1. The Morgan fingerprint density at radius 3 is 2.38 bits per heavy atom. The van der Waals surface area contributed by atoms with Crippen LogP contribution in [0.5, 0.6) is 11.5 Å². The molecule has 0 saturated carbocycles. The van der Waals surface area contributed by atoms with Gasteiger partial charge in [-0.15, -0.1) is 0 Å². The van der Waals surface area contributed by atoms with Crippen molar-refractivity contribution in [3.05, 3.63) is 47.7 Å². The summed E-state index contributed by atoms with van der Waals surface area (Å²) in [5.41, 5.74) is 1.42. The van der Waals surface area contributed by atoms with Gasteiger partial charge in [0.2, 0.25) is 5.91 Å². The highest BCUT2D eigenvalue weighted by atomic mass is 16.5. The highest BCUT2D eigenvalue weighted by Crippen LogP contribution is 2.29. The van der Waals surface area contributed by atoms with Gasteiger partial charge >= 0.3 is 0 Å². The second kappa shape index (κ2) is 11.0. The molecular weight excluding hydrogens is 370 g/mol. The van der Waals surface area contributed by atoms with Gasteiger partial charge in [0.05, 0.1) is 19.8 Å². The molecule has 0 spiro atoms. The average Bonchev–Trinajstić information content (AvgIpc) is 2.70. The summed E-state index contributed by atoms with van der Waals surface area (Å²) in [6, 6.07) is 8.70. The van der Waals surface area contributed by atoms with Gasteiger partial charge in [0.1, 0.15) is 5.82 Å². The molecule has 2 aromatic rings. The summed E-state index contributed by atoms with van der Waals surface area (Å²) in [4.78, 5) is 30.5. The molecule has 7 heteroatoms. The second-order valence-electron chi connectivity index (χ2n) is 6.79. The fourth-order valence-corrected chi connectivity index (χ4v) is 2.59. The number of likely N-dealkylation sites (N-methyl/N-ethyl adjacent to an activating group) is 1. The molecule has 156 valence electrons. The zero-order valence-electron chi connectivity index (χ0n) is 17.5. The normalized spacial score (nSPS) is 10.3. The van der Waals surface area contributed by atoms with Crippen LogP contribution in [0.25, 0.3) is 0 Å². The Hall–Kier alpha value is -3.09. The van der Waals surface area contributed by atoms with Crippen molar-refractivity contribution in [2.75, 3.05) is 32.1 Å². The number of ether oxygens (including phenoxy) is 2. The monoisotopic (exact) mass is 399 g/mol. The minimum absolute atomic E-state index is 0.0896. The first-order valence-corrected chi connectivity index (χ1v) is 9.82. The highest BCUT2D eigenvalue weighted by molar-refractivity contribution is 5.99. The lowest BCUT2D eigenvalue weighted by molar-refractivity contribution is -0.116. The third-order valence-electron chi connectivity index (χ3n) is 4.02. The molecule has 1 aromatic heterocycles. The second-order valence-corrected chi connectivity index (χ2v) is 6.79. The van der Waals surface area contributed by atoms with E-state index >= 15 is 0 Å². The first kappa shape index (κ1) is 22.2. The van der Waals surface area contributed by atoms with Crippen LogP contribution < -0.4 is 14.8 Å². The molecule has 0 fully saturated rings. The quantitative estimate of drug-likeness (QED) is 0.659. The van der Waals surface area contributed by atoms with E-state index in [4.69, 9.17) is 9.47 Å². The summed E-state index contributed by atoms with van der Waals surface area (Å²) >= 11 is 0. The number of hydrogen-bond acceptors (Lipinski definition) is 5. The van der Waals surface area contributed by atoms with Crippen LogP contribution >= 0.6 is 0 Å². The van der Waals surface area contributed by atoms with Crippen LogP contribution in [-0.4, -0.2) is 48.5 Å². The van der Waals surface area contributed by atoms with Gasteiger partial charge in [0.25, 0.3) is 5.91 Å². The number of anilines is 1. The van der Waals surface area contributed by atoms with E-state index in [-0.39, 0.29) is 18.4 Å². The molecule has 0 aliphatic rings. The molecular formula is C22H29N3O4. The Balaban J connectivity index is 2.05. The zero-order valence-corrected chi connectivity index (χ0v) is 17.5. The van der Waals surface area contributed by atoms with Gasteiger partial charge in [-0.3, -0.25) is 9.59 Å². The molecule has 1 heterocycles.